The minimum Gasteiger partial charge on any atom is -0.345 e. The Morgan fingerprint density at radius 2 is 2.00 bits per heavy atom. The number of alkyl halides is 3. The van der Waals surface area contributed by atoms with Crippen molar-refractivity contribution in [1.29, 1.82) is 0 Å². The van der Waals surface area contributed by atoms with Gasteiger partial charge >= 0.3 is 12.2 Å². The van der Waals surface area contributed by atoms with E-state index in [2.05, 4.69) is 5.32 Å². The van der Waals surface area contributed by atoms with E-state index in [1.807, 2.05) is 0 Å². The summed E-state index contributed by atoms with van der Waals surface area (Å²) in [5, 5.41) is 3.96. The van der Waals surface area contributed by atoms with Crippen molar-refractivity contribution in [2.75, 3.05) is 13.1 Å². The van der Waals surface area contributed by atoms with Crippen molar-refractivity contribution in [1.82, 2.24) is 15.5 Å². The summed E-state index contributed by atoms with van der Waals surface area (Å²) in [4.78, 5) is 35.0. The third-order valence-corrected chi connectivity index (χ3v) is 2.51. The average molecular weight is 281 g/mol. The fourth-order valence-corrected chi connectivity index (χ4v) is 1.54. The summed E-state index contributed by atoms with van der Waals surface area (Å²) < 4.78 is 35.6. The number of nitrogens with zero attached hydrogens (tertiary/aromatic N) is 1. The molecule has 0 aromatic carbocycles. The van der Waals surface area contributed by atoms with Crippen LogP contribution in [0.1, 0.15) is 13.8 Å². The first-order chi connectivity index (χ1) is 8.61. The lowest BCUT2D eigenvalue weighted by atomic mass is 10.1. The molecule has 2 N–H and O–H groups in total. The molecule has 0 saturated carbocycles. The van der Waals surface area contributed by atoms with Gasteiger partial charge in [0.15, 0.2) is 0 Å². The summed E-state index contributed by atoms with van der Waals surface area (Å²) in [7, 11) is 0. The van der Waals surface area contributed by atoms with E-state index in [-0.39, 0.29) is 5.92 Å². The number of amides is 4. The number of nitrogens with one attached hydrogen (secondary N) is 2. The van der Waals surface area contributed by atoms with Crippen molar-refractivity contribution >= 4 is 17.8 Å². The summed E-state index contributed by atoms with van der Waals surface area (Å²) in [5.74, 6) is -1.81. The van der Waals surface area contributed by atoms with Crippen molar-refractivity contribution in [3.63, 3.8) is 0 Å². The van der Waals surface area contributed by atoms with Gasteiger partial charge in [-0.25, -0.2) is 4.79 Å². The standard InChI is InChI=1S/C10H14F3N3O3/c1-5(2)7-8(18)16(9(19)15-7)3-6(17)14-4-10(11,12)13/h5,7H,3-4H2,1-2H3,(H,14,17)(H,15,19)/t7-/m0/s1. The van der Waals surface area contributed by atoms with Crippen LogP contribution in [-0.4, -0.2) is 48.1 Å². The first-order valence-electron chi connectivity index (χ1n) is 5.57. The normalized spacial score (nSPS) is 19.9. The van der Waals surface area contributed by atoms with Gasteiger partial charge in [-0.05, 0) is 5.92 Å². The van der Waals surface area contributed by atoms with E-state index in [1.165, 1.54) is 0 Å². The largest absolute Gasteiger partial charge is 0.405 e. The maximum atomic E-state index is 11.9. The fraction of sp³-hybridized carbons (Fsp3) is 0.700. The Hall–Kier alpha value is -1.80. The van der Waals surface area contributed by atoms with E-state index in [9.17, 15) is 27.6 Å². The molecule has 1 saturated heterocycles. The van der Waals surface area contributed by atoms with Crippen LogP contribution in [-0.2, 0) is 9.59 Å². The first kappa shape index (κ1) is 15.3. The molecule has 0 aromatic rings. The molecule has 0 unspecified atom stereocenters. The molecule has 19 heavy (non-hydrogen) atoms. The summed E-state index contributed by atoms with van der Waals surface area (Å²) in [6.45, 7) is 1.19. The third-order valence-electron chi connectivity index (χ3n) is 2.51. The Morgan fingerprint density at radius 3 is 2.42 bits per heavy atom. The Balaban J connectivity index is 2.55. The van der Waals surface area contributed by atoms with Crippen LogP contribution in [0.25, 0.3) is 0 Å². The van der Waals surface area contributed by atoms with Crippen LogP contribution in [0.15, 0.2) is 0 Å². The maximum Gasteiger partial charge on any atom is 0.405 e. The molecule has 1 heterocycles. The molecule has 1 aliphatic rings. The van der Waals surface area contributed by atoms with E-state index in [0.29, 0.717) is 4.90 Å². The predicted octanol–water partition coefficient (Wildman–Crippen LogP) is 0.241. The van der Waals surface area contributed by atoms with E-state index in [4.69, 9.17) is 0 Å². The number of halogens is 3. The Morgan fingerprint density at radius 1 is 1.42 bits per heavy atom. The quantitative estimate of drug-likeness (QED) is 0.725. The molecule has 1 atom stereocenters. The van der Waals surface area contributed by atoms with Crippen LogP contribution in [0.2, 0.25) is 0 Å². The first-order valence-corrected chi connectivity index (χ1v) is 5.57. The van der Waals surface area contributed by atoms with Crippen LogP contribution >= 0.6 is 0 Å². The average Bonchev–Trinajstić information content (AvgIpc) is 2.53. The predicted molar refractivity (Wildman–Crippen MR) is 57.9 cm³/mol. The zero-order valence-electron chi connectivity index (χ0n) is 10.4. The van der Waals surface area contributed by atoms with Gasteiger partial charge in [-0.2, -0.15) is 13.2 Å². The van der Waals surface area contributed by atoms with Gasteiger partial charge in [-0.3, -0.25) is 14.5 Å². The van der Waals surface area contributed by atoms with Gasteiger partial charge in [0.2, 0.25) is 5.91 Å². The second-order valence-electron chi connectivity index (χ2n) is 4.49. The lowest BCUT2D eigenvalue weighted by Gasteiger charge is -2.14. The molecule has 0 aliphatic carbocycles. The highest BCUT2D eigenvalue weighted by Gasteiger charge is 2.40. The molecule has 0 aromatic heterocycles. The van der Waals surface area contributed by atoms with E-state index >= 15 is 0 Å². The zero-order valence-corrected chi connectivity index (χ0v) is 10.4. The molecule has 0 spiro atoms. The second-order valence-corrected chi connectivity index (χ2v) is 4.49. The topological polar surface area (TPSA) is 78.5 Å². The molecule has 4 amide bonds. The molecule has 0 radical (unpaired) electrons. The van der Waals surface area contributed by atoms with Gasteiger partial charge in [-0.1, -0.05) is 13.8 Å². The number of imide groups is 1. The maximum absolute atomic E-state index is 11.9. The van der Waals surface area contributed by atoms with Crippen LogP contribution in [0, 0.1) is 5.92 Å². The number of urea groups is 1. The fourth-order valence-electron chi connectivity index (χ4n) is 1.54. The molecule has 1 fully saturated rings. The minimum atomic E-state index is -4.53. The third kappa shape index (κ3) is 4.11. The highest BCUT2D eigenvalue weighted by Crippen LogP contribution is 2.14. The van der Waals surface area contributed by atoms with Crippen LogP contribution in [0.5, 0.6) is 0 Å². The molecule has 9 heteroatoms. The minimum absolute atomic E-state index is 0.167. The number of rotatable bonds is 4. The molecule has 1 aliphatic heterocycles. The van der Waals surface area contributed by atoms with Gasteiger partial charge in [0.25, 0.3) is 5.91 Å². The molecular formula is C10H14F3N3O3. The molecule has 108 valence electrons. The zero-order chi connectivity index (χ0) is 14.8. The molecule has 6 nitrogen and oxygen atoms in total. The summed E-state index contributed by atoms with van der Waals surface area (Å²) in [6, 6.07) is -1.52. The van der Waals surface area contributed by atoms with Crippen LogP contribution in [0.3, 0.4) is 0 Å². The highest BCUT2D eigenvalue weighted by atomic mass is 19.4. The molecule has 1 rings (SSSR count). The number of hydrogen-bond donors (Lipinski definition) is 2. The SMILES string of the molecule is CC(C)[C@@H]1NC(=O)N(CC(=O)NCC(F)(F)F)C1=O. The number of carbonyl (C=O) groups excluding carboxylic acids is 3. The second kappa shape index (κ2) is 5.45. The Labute approximate surface area is 107 Å². The summed E-state index contributed by atoms with van der Waals surface area (Å²) in [6.07, 6.45) is -4.53. The highest BCUT2D eigenvalue weighted by molar-refractivity contribution is 6.06. The molecule has 0 bridgehead atoms. The summed E-state index contributed by atoms with van der Waals surface area (Å²) in [5.41, 5.74) is 0. The van der Waals surface area contributed by atoms with Crippen molar-refractivity contribution < 1.29 is 27.6 Å². The van der Waals surface area contributed by atoms with Crippen molar-refractivity contribution in [3.05, 3.63) is 0 Å². The van der Waals surface area contributed by atoms with E-state index in [0.717, 1.165) is 0 Å². The summed E-state index contributed by atoms with van der Waals surface area (Å²) >= 11 is 0. The van der Waals surface area contributed by atoms with Crippen LogP contribution in [0.4, 0.5) is 18.0 Å². The number of carbonyl (C=O) groups is 3. The van der Waals surface area contributed by atoms with Gasteiger partial charge in [0.05, 0.1) is 0 Å². The van der Waals surface area contributed by atoms with E-state index < -0.39 is 43.2 Å². The monoisotopic (exact) mass is 281 g/mol. The Kier molecular flexibility index (Phi) is 4.38. The van der Waals surface area contributed by atoms with Crippen molar-refractivity contribution in [2.24, 2.45) is 5.92 Å². The molecular weight excluding hydrogens is 267 g/mol. The van der Waals surface area contributed by atoms with Gasteiger partial charge < -0.3 is 10.6 Å². The van der Waals surface area contributed by atoms with Gasteiger partial charge in [0.1, 0.15) is 19.1 Å². The number of hydrogen-bond acceptors (Lipinski definition) is 3. The smallest absolute Gasteiger partial charge is 0.345 e. The van der Waals surface area contributed by atoms with Gasteiger partial charge in [0, 0.05) is 0 Å². The lowest BCUT2D eigenvalue weighted by Crippen LogP contribution is -2.43. The van der Waals surface area contributed by atoms with Crippen molar-refractivity contribution in [3.8, 4) is 0 Å². The van der Waals surface area contributed by atoms with Crippen molar-refractivity contribution in [2.45, 2.75) is 26.1 Å². The van der Waals surface area contributed by atoms with Gasteiger partial charge in [-0.15, -0.1) is 0 Å². The lowest BCUT2D eigenvalue weighted by molar-refractivity contribution is -0.140. The Bertz CT molecular complexity index is 395. The van der Waals surface area contributed by atoms with Crippen LogP contribution < -0.4 is 10.6 Å². The van der Waals surface area contributed by atoms with E-state index in [1.54, 1.807) is 19.2 Å².